The zero-order valence-corrected chi connectivity index (χ0v) is 20.4. The van der Waals surface area contributed by atoms with Crippen LogP contribution in [0.5, 0.6) is 0 Å². The maximum atomic E-state index is 13.6. The van der Waals surface area contributed by atoms with Gasteiger partial charge in [0.2, 0.25) is 0 Å². The summed E-state index contributed by atoms with van der Waals surface area (Å²) in [6.07, 6.45) is 6.53. The van der Waals surface area contributed by atoms with E-state index in [1.807, 2.05) is 30.4 Å². The summed E-state index contributed by atoms with van der Waals surface area (Å²) in [6, 6.07) is 10.1. The molecule has 0 spiro atoms. The number of ketones is 1. The molecule has 1 aliphatic heterocycles. The quantitative estimate of drug-likeness (QED) is 0.468. The first-order valence-electron chi connectivity index (χ1n) is 12.0. The van der Waals surface area contributed by atoms with Crippen molar-refractivity contribution in [1.82, 2.24) is 15.2 Å². The first-order valence-corrected chi connectivity index (χ1v) is 12.0. The second-order valence-electron chi connectivity index (χ2n) is 9.99. The lowest BCUT2D eigenvalue weighted by molar-refractivity contribution is -0.124. The van der Waals surface area contributed by atoms with Crippen molar-refractivity contribution in [2.45, 2.75) is 39.5 Å². The number of aromatic amines is 1. The van der Waals surface area contributed by atoms with Crippen molar-refractivity contribution in [1.29, 1.82) is 0 Å². The standard InChI is InChI=1S/C28H27FN4O3/c1-4-36-27(35)25-24-20(23-21(31-26(24)33-32-25)13-28(2,3)14-22(23)34)11-10-19-9-8-17(15-30-19)16-6-5-7-18(29)12-16/h5-12,15,20,23H,4,13-14H2,1-3H3,(H,32,33)/b11-10+. The van der Waals surface area contributed by atoms with Crippen molar-refractivity contribution < 1.29 is 18.7 Å². The average molecular weight is 487 g/mol. The Kier molecular flexibility index (Phi) is 6.12. The van der Waals surface area contributed by atoms with Crippen LogP contribution < -0.4 is 0 Å². The summed E-state index contributed by atoms with van der Waals surface area (Å²) in [7, 11) is 0. The van der Waals surface area contributed by atoms with Crippen LogP contribution in [0.4, 0.5) is 10.2 Å². The molecule has 1 fully saturated rings. The van der Waals surface area contributed by atoms with Crippen LogP contribution in [-0.4, -0.2) is 39.3 Å². The molecular formula is C28H27FN4O3. The van der Waals surface area contributed by atoms with E-state index in [9.17, 15) is 14.0 Å². The number of aliphatic imine (C=N–C) groups is 1. The SMILES string of the molecule is CCOC(=O)c1[nH]nc2c1C(/C=C/c1ccc(-c3cccc(F)c3)cn1)C1C(=O)CC(C)(C)CC1=N2. The van der Waals surface area contributed by atoms with E-state index in [4.69, 9.17) is 9.73 Å². The second-order valence-corrected chi connectivity index (χ2v) is 9.99. The predicted octanol–water partition coefficient (Wildman–Crippen LogP) is 5.68. The number of hydrogen-bond acceptors (Lipinski definition) is 6. The Morgan fingerprint density at radius 1 is 1.22 bits per heavy atom. The van der Waals surface area contributed by atoms with E-state index in [2.05, 4.69) is 29.0 Å². The predicted molar refractivity (Wildman–Crippen MR) is 135 cm³/mol. The number of nitrogens with one attached hydrogen (secondary N) is 1. The molecule has 7 nitrogen and oxygen atoms in total. The summed E-state index contributed by atoms with van der Waals surface area (Å²) >= 11 is 0. The van der Waals surface area contributed by atoms with Crippen LogP contribution in [0.25, 0.3) is 17.2 Å². The van der Waals surface area contributed by atoms with Gasteiger partial charge in [0, 0.05) is 35.4 Å². The first kappa shape index (κ1) is 23.8. The maximum absolute atomic E-state index is 13.6. The number of fused-ring (bicyclic) bond motifs is 2. The van der Waals surface area contributed by atoms with E-state index in [0.717, 1.165) is 16.8 Å². The summed E-state index contributed by atoms with van der Waals surface area (Å²) in [5.74, 6) is -1.22. The van der Waals surface area contributed by atoms with Gasteiger partial charge in [-0.05, 0) is 48.6 Å². The summed E-state index contributed by atoms with van der Waals surface area (Å²) < 4.78 is 18.8. The molecule has 2 unspecified atom stereocenters. The van der Waals surface area contributed by atoms with E-state index >= 15 is 0 Å². The molecule has 8 heteroatoms. The smallest absolute Gasteiger partial charge is 0.356 e. The van der Waals surface area contributed by atoms with Crippen LogP contribution in [0.3, 0.4) is 0 Å². The maximum Gasteiger partial charge on any atom is 0.356 e. The van der Waals surface area contributed by atoms with Gasteiger partial charge in [-0.1, -0.05) is 38.1 Å². The number of allylic oxidation sites excluding steroid dienone is 1. The number of aromatic nitrogens is 3. The molecule has 36 heavy (non-hydrogen) atoms. The van der Waals surface area contributed by atoms with E-state index in [1.54, 1.807) is 19.2 Å². The molecule has 1 aromatic carbocycles. The molecule has 5 rings (SSSR count). The molecule has 0 radical (unpaired) electrons. The molecule has 184 valence electrons. The van der Waals surface area contributed by atoms with Gasteiger partial charge in [0.25, 0.3) is 0 Å². The summed E-state index contributed by atoms with van der Waals surface area (Å²) in [4.78, 5) is 35.2. The molecule has 2 aromatic heterocycles. The lowest BCUT2D eigenvalue weighted by Crippen LogP contribution is -2.41. The topological polar surface area (TPSA) is 97.3 Å². The van der Waals surface area contributed by atoms with Crippen LogP contribution in [0.15, 0.2) is 53.7 Å². The van der Waals surface area contributed by atoms with Gasteiger partial charge in [-0.2, -0.15) is 5.10 Å². The van der Waals surface area contributed by atoms with Crippen molar-refractivity contribution in [3.8, 4) is 11.1 Å². The number of benzene rings is 1. The van der Waals surface area contributed by atoms with E-state index < -0.39 is 17.8 Å². The lowest BCUT2D eigenvalue weighted by atomic mass is 9.65. The first-order chi connectivity index (χ1) is 17.3. The van der Waals surface area contributed by atoms with Gasteiger partial charge >= 0.3 is 5.97 Å². The van der Waals surface area contributed by atoms with Gasteiger partial charge in [-0.15, -0.1) is 0 Å². The third-order valence-electron chi connectivity index (χ3n) is 6.64. The van der Waals surface area contributed by atoms with Crippen molar-refractivity contribution in [3.63, 3.8) is 0 Å². The van der Waals surface area contributed by atoms with Gasteiger partial charge in [0.15, 0.2) is 5.82 Å². The molecule has 1 aliphatic carbocycles. The molecule has 3 heterocycles. The number of nitrogens with zero attached hydrogens (tertiary/aromatic N) is 3. The highest BCUT2D eigenvalue weighted by atomic mass is 19.1. The van der Waals surface area contributed by atoms with E-state index in [0.29, 0.717) is 29.9 Å². The van der Waals surface area contributed by atoms with E-state index in [1.165, 1.54) is 12.1 Å². The average Bonchev–Trinajstić information content (AvgIpc) is 3.25. The highest BCUT2D eigenvalue weighted by Gasteiger charge is 2.46. The zero-order chi connectivity index (χ0) is 25.4. The van der Waals surface area contributed by atoms with Crippen molar-refractivity contribution in [2.75, 3.05) is 6.61 Å². The number of rotatable bonds is 5. The van der Waals surface area contributed by atoms with Crippen molar-refractivity contribution >= 4 is 29.4 Å². The normalized spacial score (nSPS) is 20.6. The van der Waals surface area contributed by atoms with E-state index in [-0.39, 0.29) is 29.3 Å². The number of carbonyl (C=O) groups excluding carboxylic acids is 2. The molecule has 0 amide bonds. The Labute approximate surface area is 208 Å². The highest BCUT2D eigenvalue weighted by molar-refractivity contribution is 6.11. The van der Waals surface area contributed by atoms with Gasteiger partial charge in [0.1, 0.15) is 17.3 Å². The van der Waals surface area contributed by atoms with Gasteiger partial charge in [0.05, 0.1) is 18.2 Å². The number of pyridine rings is 1. The highest BCUT2D eigenvalue weighted by Crippen LogP contribution is 2.47. The molecule has 1 saturated carbocycles. The van der Waals surface area contributed by atoms with Crippen LogP contribution in [0.2, 0.25) is 0 Å². The Hall–Kier alpha value is -3.94. The van der Waals surface area contributed by atoms with Crippen LogP contribution in [0, 0.1) is 17.2 Å². The van der Waals surface area contributed by atoms with Crippen LogP contribution >= 0.6 is 0 Å². The van der Waals surface area contributed by atoms with Gasteiger partial charge < -0.3 is 4.74 Å². The number of H-pyrrole nitrogens is 1. The summed E-state index contributed by atoms with van der Waals surface area (Å²) in [5, 5.41) is 7.06. The second kappa shape index (κ2) is 9.26. The van der Waals surface area contributed by atoms with Crippen LogP contribution in [-0.2, 0) is 9.53 Å². The minimum absolute atomic E-state index is 0.0933. The van der Waals surface area contributed by atoms with Gasteiger partial charge in [-0.25, -0.2) is 14.2 Å². The number of hydrogen-bond donors (Lipinski definition) is 1. The minimum Gasteiger partial charge on any atom is -0.461 e. The molecular weight excluding hydrogens is 459 g/mol. The minimum atomic E-state index is -0.524. The number of ether oxygens (including phenoxy) is 1. The molecule has 0 saturated heterocycles. The molecule has 1 N–H and O–H groups in total. The Bertz CT molecular complexity index is 1390. The number of carbonyl (C=O) groups is 2. The lowest BCUT2D eigenvalue weighted by Gasteiger charge is -2.39. The molecule has 3 aromatic rings. The summed E-state index contributed by atoms with van der Waals surface area (Å²) in [6.45, 7) is 6.07. The third kappa shape index (κ3) is 4.51. The van der Waals surface area contributed by atoms with Crippen molar-refractivity contribution in [3.05, 3.63) is 71.4 Å². The fourth-order valence-electron chi connectivity index (χ4n) is 5.10. The largest absolute Gasteiger partial charge is 0.461 e. The van der Waals surface area contributed by atoms with Crippen molar-refractivity contribution in [2.24, 2.45) is 16.3 Å². The Balaban J connectivity index is 1.51. The molecule has 2 aliphatic rings. The number of Topliss-reactive ketones (excluding diaryl/α,β-unsaturated/α-hetero) is 1. The number of esters is 1. The Morgan fingerprint density at radius 3 is 2.78 bits per heavy atom. The number of halogens is 1. The third-order valence-corrected chi connectivity index (χ3v) is 6.64. The fraction of sp³-hybridized carbons (Fsp3) is 0.321. The van der Waals surface area contributed by atoms with Gasteiger partial charge in [-0.3, -0.25) is 14.9 Å². The zero-order valence-electron chi connectivity index (χ0n) is 20.4. The summed E-state index contributed by atoms with van der Waals surface area (Å²) in [5.41, 5.74) is 3.60. The monoisotopic (exact) mass is 486 g/mol. The van der Waals surface area contributed by atoms with Crippen LogP contribution in [0.1, 0.15) is 61.3 Å². The molecule has 0 bridgehead atoms. The molecule has 2 atom stereocenters. The Morgan fingerprint density at radius 2 is 2.06 bits per heavy atom. The fourth-order valence-corrected chi connectivity index (χ4v) is 5.10.